The Bertz CT molecular complexity index is 677. The maximum atomic E-state index is 13.2. The van der Waals surface area contributed by atoms with Gasteiger partial charge >= 0.3 is 0 Å². The Hall–Kier alpha value is -1.93. The summed E-state index contributed by atoms with van der Waals surface area (Å²) in [5, 5.41) is 0. The van der Waals surface area contributed by atoms with E-state index in [1.54, 1.807) is 25.2 Å². The van der Waals surface area contributed by atoms with Crippen LogP contribution in [0.2, 0.25) is 0 Å². The Morgan fingerprint density at radius 3 is 2.60 bits per heavy atom. The van der Waals surface area contributed by atoms with Crippen LogP contribution in [-0.2, 0) is 4.79 Å². The standard InChI is InChI=1S/C16H19F2N3O3.ClH/c1-20-12-8-10(2-3-13(12)24-9-11(19)15(20)23)14(22)21-6-4-16(17,18)5-7-21;/h2-3,8,11H,4-7,9,19H2,1H3;1H/t11-;/m0./s1. The van der Waals surface area contributed by atoms with Crippen LogP contribution < -0.4 is 15.4 Å². The lowest BCUT2D eigenvalue weighted by molar-refractivity contribution is -0.119. The maximum Gasteiger partial charge on any atom is 0.253 e. The summed E-state index contributed by atoms with van der Waals surface area (Å²) in [5.74, 6) is -2.89. The largest absolute Gasteiger partial charge is 0.489 e. The van der Waals surface area contributed by atoms with Gasteiger partial charge in [0.1, 0.15) is 18.4 Å². The van der Waals surface area contributed by atoms with Crippen LogP contribution in [0, 0.1) is 0 Å². The molecule has 9 heteroatoms. The smallest absolute Gasteiger partial charge is 0.253 e. The predicted molar refractivity (Wildman–Crippen MR) is 90.7 cm³/mol. The molecule has 1 fully saturated rings. The number of ether oxygens (including phenoxy) is 1. The van der Waals surface area contributed by atoms with E-state index in [1.807, 2.05) is 0 Å². The molecule has 0 aromatic heterocycles. The third-order valence-corrected chi connectivity index (χ3v) is 4.42. The highest BCUT2D eigenvalue weighted by Gasteiger charge is 2.36. The van der Waals surface area contributed by atoms with Gasteiger partial charge in [-0.25, -0.2) is 8.78 Å². The van der Waals surface area contributed by atoms with Crippen LogP contribution in [0.3, 0.4) is 0 Å². The summed E-state index contributed by atoms with van der Waals surface area (Å²) in [7, 11) is 1.56. The summed E-state index contributed by atoms with van der Waals surface area (Å²) in [5.41, 5.74) is 6.50. The van der Waals surface area contributed by atoms with E-state index in [0.717, 1.165) is 0 Å². The molecule has 2 aliphatic heterocycles. The number of carbonyl (C=O) groups excluding carboxylic acids is 2. The number of amides is 2. The van der Waals surface area contributed by atoms with Crippen LogP contribution in [0.5, 0.6) is 5.75 Å². The number of hydrogen-bond donors (Lipinski definition) is 1. The number of likely N-dealkylation sites (N-methyl/N-ethyl adjacent to an activating group) is 1. The number of nitrogens with zero attached hydrogens (tertiary/aromatic N) is 2. The van der Waals surface area contributed by atoms with Crippen LogP contribution in [0.25, 0.3) is 0 Å². The molecule has 0 radical (unpaired) electrons. The number of piperidine rings is 1. The third kappa shape index (κ3) is 3.85. The van der Waals surface area contributed by atoms with Gasteiger partial charge in [-0.1, -0.05) is 0 Å². The highest BCUT2D eigenvalue weighted by molar-refractivity contribution is 6.01. The summed E-state index contributed by atoms with van der Waals surface area (Å²) in [6.45, 7) is 0.0861. The number of anilines is 1. The van der Waals surface area contributed by atoms with Gasteiger partial charge in [0.2, 0.25) is 5.91 Å². The lowest BCUT2D eigenvalue weighted by atomic mass is 10.0. The molecule has 0 spiro atoms. The third-order valence-electron chi connectivity index (χ3n) is 4.42. The first-order chi connectivity index (χ1) is 11.3. The van der Waals surface area contributed by atoms with Crippen molar-refractivity contribution in [3.8, 4) is 5.75 Å². The fourth-order valence-corrected chi connectivity index (χ4v) is 2.87. The molecular formula is C16H20ClF2N3O3. The lowest BCUT2D eigenvalue weighted by Gasteiger charge is -2.32. The number of likely N-dealkylation sites (tertiary alicyclic amines) is 1. The highest BCUT2D eigenvalue weighted by atomic mass is 35.5. The van der Waals surface area contributed by atoms with Gasteiger partial charge in [-0.2, -0.15) is 0 Å². The summed E-state index contributed by atoms with van der Waals surface area (Å²) in [4.78, 5) is 27.4. The average Bonchev–Trinajstić information content (AvgIpc) is 2.66. The summed E-state index contributed by atoms with van der Waals surface area (Å²) in [6.07, 6.45) is -0.667. The van der Waals surface area contributed by atoms with Crippen molar-refractivity contribution in [1.29, 1.82) is 0 Å². The molecule has 1 saturated heterocycles. The second-order valence-electron chi connectivity index (χ2n) is 6.15. The molecule has 2 N–H and O–H groups in total. The molecule has 138 valence electrons. The van der Waals surface area contributed by atoms with E-state index in [-0.39, 0.29) is 56.8 Å². The number of rotatable bonds is 1. The number of carbonyl (C=O) groups is 2. The van der Waals surface area contributed by atoms with E-state index >= 15 is 0 Å². The maximum absolute atomic E-state index is 13.2. The van der Waals surface area contributed by atoms with Gasteiger partial charge in [0.05, 0.1) is 5.69 Å². The number of halogens is 3. The Kier molecular flexibility index (Phi) is 5.53. The molecule has 1 aromatic carbocycles. The van der Waals surface area contributed by atoms with Crippen molar-refractivity contribution in [3.63, 3.8) is 0 Å². The molecule has 6 nitrogen and oxygen atoms in total. The van der Waals surface area contributed by atoms with Crippen molar-refractivity contribution in [2.45, 2.75) is 24.8 Å². The SMILES string of the molecule is CN1C(=O)[C@@H](N)COc2ccc(C(=O)N3CCC(F)(F)CC3)cc21.Cl. The first-order valence-electron chi connectivity index (χ1n) is 7.75. The minimum atomic E-state index is -2.71. The molecular weight excluding hydrogens is 356 g/mol. The zero-order valence-corrected chi connectivity index (χ0v) is 14.5. The number of nitrogens with two attached hydrogens (primary N) is 1. The Morgan fingerprint density at radius 1 is 1.32 bits per heavy atom. The van der Waals surface area contributed by atoms with Crippen molar-refractivity contribution in [1.82, 2.24) is 4.90 Å². The van der Waals surface area contributed by atoms with Gasteiger partial charge in [0, 0.05) is 38.5 Å². The number of alkyl halides is 2. The topological polar surface area (TPSA) is 75.9 Å². The molecule has 0 bridgehead atoms. The molecule has 0 saturated carbocycles. The number of fused-ring (bicyclic) bond motifs is 1. The van der Waals surface area contributed by atoms with E-state index < -0.39 is 12.0 Å². The van der Waals surface area contributed by atoms with Crippen LogP contribution in [0.1, 0.15) is 23.2 Å². The average molecular weight is 376 g/mol. The van der Waals surface area contributed by atoms with Crippen molar-refractivity contribution in [2.75, 3.05) is 31.6 Å². The molecule has 2 amide bonds. The van der Waals surface area contributed by atoms with Gasteiger partial charge in [-0.05, 0) is 18.2 Å². The fraction of sp³-hybridized carbons (Fsp3) is 0.500. The molecule has 2 heterocycles. The Morgan fingerprint density at radius 2 is 1.96 bits per heavy atom. The van der Waals surface area contributed by atoms with Crippen molar-refractivity contribution < 1.29 is 23.1 Å². The van der Waals surface area contributed by atoms with Gasteiger partial charge in [0.15, 0.2) is 0 Å². The zero-order chi connectivity index (χ0) is 17.5. The number of hydrogen-bond acceptors (Lipinski definition) is 4. The minimum absolute atomic E-state index is 0. The second kappa shape index (κ2) is 7.13. The zero-order valence-electron chi connectivity index (χ0n) is 13.7. The molecule has 1 aromatic rings. The Labute approximate surface area is 150 Å². The van der Waals surface area contributed by atoms with E-state index in [0.29, 0.717) is 17.0 Å². The van der Waals surface area contributed by atoms with Crippen LogP contribution in [-0.4, -0.2) is 55.4 Å². The van der Waals surface area contributed by atoms with Crippen molar-refractivity contribution in [2.24, 2.45) is 5.73 Å². The summed E-state index contributed by atoms with van der Waals surface area (Å²) in [6, 6.07) is 3.94. The van der Waals surface area contributed by atoms with E-state index in [2.05, 4.69) is 0 Å². The summed E-state index contributed by atoms with van der Waals surface area (Å²) < 4.78 is 32.0. The van der Waals surface area contributed by atoms with Gasteiger partial charge < -0.3 is 20.3 Å². The van der Waals surface area contributed by atoms with Gasteiger partial charge in [0.25, 0.3) is 11.8 Å². The first kappa shape index (κ1) is 19.4. The highest BCUT2D eigenvalue weighted by Crippen LogP contribution is 2.33. The molecule has 0 unspecified atom stereocenters. The Balaban J connectivity index is 0.00000225. The van der Waals surface area contributed by atoms with Crippen molar-refractivity contribution >= 4 is 29.9 Å². The molecule has 3 rings (SSSR count). The molecule has 0 aliphatic carbocycles. The van der Waals surface area contributed by atoms with E-state index in [1.165, 1.54) is 9.80 Å². The van der Waals surface area contributed by atoms with Crippen molar-refractivity contribution in [3.05, 3.63) is 23.8 Å². The predicted octanol–water partition coefficient (Wildman–Crippen LogP) is 1.66. The van der Waals surface area contributed by atoms with E-state index in [9.17, 15) is 18.4 Å². The monoisotopic (exact) mass is 375 g/mol. The minimum Gasteiger partial charge on any atom is -0.489 e. The quantitative estimate of drug-likeness (QED) is 0.810. The van der Waals surface area contributed by atoms with Gasteiger partial charge in [-0.3, -0.25) is 9.59 Å². The normalized spacial score (nSPS) is 22.4. The van der Waals surface area contributed by atoms with Crippen LogP contribution >= 0.6 is 12.4 Å². The summed E-state index contributed by atoms with van der Waals surface area (Å²) >= 11 is 0. The van der Waals surface area contributed by atoms with Crippen LogP contribution in [0.15, 0.2) is 18.2 Å². The number of benzene rings is 1. The lowest BCUT2D eigenvalue weighted by Crippen LogP contribution is -2.43. The molecule has 25 heavy (non-hydrogen) atoms. The molecule has 2 aliphatic rings. The fourth-order valence-electron chi connectivity index (χ4n) is 2.87. The van der Waals surface area contributed by atoms with E-state index in [4.69, 9.17) is 10.5 Å². The van der Waals surface area contributed by atoms with Crippen LogP contribution in [0.4, 0.5) is 14.5 Å². The second-order valence-corrected chi connectivity index (χ2v) is 6.15. The van der Waals surface area contributed by atoms with Gasteiger partial charge in [-0.15, -0.1) is 12.4 Å². The first-order valence-corrected chi connectivity index (χ1v) is 7.75. The molecule has 1 atom stereocenters.